The van der Waals surface area contributed by atoms with E-state index in [1.807, 2.05) is 25.1 Å². The molecular weight excluding hydrogens is 456 g/mol. The smallest absolute Gasteiger partial charge is 0.414 e. The van der Waals surface area contributed by atoms with Gasteiger partial charge in [0.1, 0.15) is 6.10 Å². The zero-order valence-electron chi connectivity index (χ0n) is 19.7. The molecule has 2 heterocycles. The summed E-state index contributed by atoms with van der Waals surface area (Å²) in [6, 6.07) is 12.0. The molecule has 0 radical (unpaired) electrons. The summed E-state index contributed by atoms with van der Waals surface area (Å²) in [5.41, 5.74) is 2.85. The second-order valence-electron chi connectivity index (χ2n) is 8.68. The Bertz CT molecular complexity index is 1170. The topological polar surface area (TPSA) is 93.2 Å². The summed E-state index contributed by atoms with van der Waals surface area (Å²) >= 11 is 0. The lowest BCUT2D eigenvalue weighted by molar-refractivity contribution is -0.117. The van der Waals surface area contributed by atoms with Gasteiger partial charge in [0.05, 0.1) is 41.3 Å². The standard InChI is InChI=1S/C25H30N2O6S/c1-4-34(30,31)22-8-5-19(6-9-22)20-7-10-23-24(15-20)26(16-17(2)27(23)18(3)28)25(29)33-21-11-13-32-14-12-21/h5-10,15,17,21H,4,11-14,16H2,1-3H3/t17-/m0/s1. The Balaban J connectivity index is 1.70. The van der Waals surface area contributed by atoms with E-state index >= 15 is 0 Å². The van der Waals surface area contributed by atoms with Gasteiger partial charge in [-0.2, -0.15) is 0 Å². The summed E-state index contributed by atoms with van der Waals surface area (Å²) in [7, 11) is -3.29. The van der Waals surface area contributed by atoms with Crippen molar-refractivity contribution in [2.24, 2.45) is 0 Å². The zero-order valence-corrected chi connectivity index (χ0v) is 20.5. The fourth-order valence-electron chi connectivity index (χ4n) is 4.48. The van der Waals surface area contributed by atoms with Crippen LogP contribution in [0, 0.1) is 0 Å². The number of carbonyl (C=O) groups is 2. The Morgan fingerprint density at radius 1 is 1.03 bits per heavy atom. The molecule has 0 saturated carbocycles. The molecule has 0 N–H and O–H groups in total. The number of nitrogens with zero attached hydrogens (tertiary/aromatic N) is 2. The van der Waals surface area contributed by atoms with Crippen LogP contribution in [0.1, 0.15) is 33.6 Å². The highest BCUT2D eigenvalue weighted by Crippen LogP contribution is 2.39. The summed E-state index contributed by atoms with van der Waals surface area (Å²) in [5, 5.41) is 0. The number of amides is 2. The van der Waals surface area contributed by atoms with Crippen LogP contribution >= 0.6 is 0 Å². The number of rotatable bonds is 4. The monoisotopic (exact) mass is 486 g/mol. The average molecular weight is 487 g/mol. The molecule has 2 aromatic carbocycles. The summed E-state index contributed by atoms with van der Waals surface area (Å²) in [6.45, 7) is 6.47. The predicted molar refractivity (Wildman–Crippen MR) is 130 cm³/mol. The van der Waals surface area contributed by atoms with E-state index in [0.29, 0.717) is 44.0 Å². The van der Waals surface area contributed by atoms with Gasteiger partial charge >= 0.3 is 6.09 Å². The van der Waals surface area contributed by atoms with Crippen LogP contribution in [0.15, 0.2) is 47.4 Å². The Kier molecular flexibility index (Phi) is 6.95. The number of ether oxygens (including phenoxy) is 2. The number of sulfone groups is 1. The van der Waals surface area contributed by atoms with E-state index in [0.717, 1.165) is 11.1 Å². The maximum absolute atomic E-state index is 13.2. The Labute approximate surface area is 200 Å². The van der Waals surface area contributed by atoms with Gasteiger partial charge < -0.3 is 14.4 Å². The van der Waals surface area contributed by atoms with Crippen LogP contribution in [0.4, 0.5) is 16.2 Å². The fraction of sp³-hybridized carbons (Fsp3) is 0.440. The molecule has 0 aromatic heterocycles. The maximum Gasteiger partial charge on any atom is 0.414 e. The van der Waals surface area contributed by atoms with E-state index in [9.17, 15) is 18.0 Å². The lowest BCUT2D eigenvalue weighted by Crippen LogP contribution is -2.52. The third-order valence-electron chi connectivity index (χ3n) is 6.34. The van der Waals surface area contributed by atoms with Gasteiger partial charge in [-0.05, 0) is 42.3 Å². The van der Waals surface area contributed by atoms with Crippen molar-refractivity contribution in [3.8, 4) is 11.1 Å². The SMILES string of the molecule is CCS(=O)(=O)c1ccc(-c2ccc3c(c2)N(C(=O)OC2CCOCC2)C[C@H](C)N3C(C)=O)cc1. The fourth-order valence-corrected chi connectivity index (χ4v) is 5.36. The van der Waals surface area contributed by atoms with Crippen molar-refractivity contribution in [3.63, 3.8) is 0 Å². The largest absolute Gasteiger partial charge is 0.446 e. The molecule has 4 rings (SSSR count). The van der Waals surface area contributed by atoms with Crippen LogP contribution in [-0.4, -0.2) is 58.1 Å². The van der Waals surface area contributed by atoms with Gasteiger partial charge in [0, 0.05) is 26.3 Å². The molecule has 0 bridgehead atoms. The van der Waals surface area contributed by atoms with Gasteiger partial charge in [-0.3, -0.25) is 9.69 Å². The normalized spacial score (nSPS) is 19.0. The number of anilines is 2. The highest BCUT2D eigenvalue weighted by molar-refractivity contribution is 7.91. The molecule has 182 valence electrons. The van der Waals surface area contributed by atoms with Gasteiger partial charge in [-0.15, -0.1) is 0 Å². The lowest BCUT2D eigenvalue weighted by atomic mass is 10.0. The van der Waals surface area contributed by atoms with Gasteiger partial charge in [0.2, 0.25) is 5.91 Å². The van der Waals surface area contributed by atoms with Crippen LogP contribution in [0.5, 0.6) is 0 Å². The third kappa shape index (κ3) is 4.81. The summed E-state index contributed by atoms with van der Waals surface area (Å²) in [4.78, 5) is 29.1. The Morgan fingerprint density at radius 3 is 2.29 bits per heavy atom. The zero-order chi connectivity index (χ0) is 24.5. The van der Waals surface area contributed by atoms with E-state index in [-0.39, 0.29) is 28.7 Å². The maximum atomic E-state index is 13.2. The van der Waals surface area contributed by atoms with E-state index in [2.05, 4.69) is 0 Å². The quantitative estimate of drug-likeness (QED) is 0.648. The molecule has 9 heteroatoms. The molecule has 2 aliphatic heterocycles. The van der Waals surface area contributed by atoms with Crippen molar-refractivity contribution in [2.45, 2.75) is 50.7 Å². The first-order valence-corrected chi connectivity index (χ1v) is 13.2. The van der Waals surface area contributed by atoms with Crippen molar-refractivity contribution in [1.29, 1.82) is 0 Å². The van der Waals surface area contributed by atoms with Gasteiger partial charge in [-0.25, -0.2) is 13.2 Å². The Hall–Kier alpha value is -2.91. The van der Waals surface area contributed by atoms with E-state index in [4.69, 9.17) is 9.47 Å². The minimum absolute atomic E-state index is 0.0362. The molecule has 34 heavy (non-hydrogen) atoms. The van der Waals surface area contributed by atoms with Gasteiger partial charge in [0.25, 0.3) is 0 Å². The molecule has 8 nitrogen and oxygen atoms in total. The van der Waals surface area contributed by atoms with Crippen molar-refractivity contribution in [1.82, 2.24) is 0 Å². The molecule has 1 saturated heterocycles. The van der Waals surface area contributed by atoms with Crippen LogP contribution in [-0.2, 0) is 24.1 Å². The number of benzene rings is 2. The summed E-state index contributed by atoms with van der Waals surface area (Å²) < 4.78 is 35.4. The molecule has 2 aliphatic rings. The number of hydrogen-bond acceptors (Lipinski definition) is 6. The van der Waals surface area contributed by atoms with Crippen molar-refractivity contribution in [3.05, 3.63) is 42.5 Å². The van der Waals surface area contributed by atoms with E-state index < -0.39 is 15.9 Å². The molecule has 0 unspecified atom stereocenters. The van der Waals surface area contributed by atoms with Crippen LogP contribution in [0.3, 0.4) is 0 Å². The van der Waals surface area contributed by atoms with Crippen molar-refractivity contribution in [2.75, 3.05) is 35.3 Å². The summed E-state index contributed by atoms with van der Waals surface area (Å²) in [5.74, 6) is -0.0675. The first-order chi connectivity index (χ1) is 16.2. The second kappa shape index (κ2) is 9.76. The minimum atomic E-state index is -3.29. The molecule has 0 aliphatic carbocycles. The van der Waals surface area contributed by atoms with Crippen molar-refractivity contribution >= 4 is 33.2 Å². The highest BCUT2D eigenvalue weighted by Gasteiger charge is 2.35. The van der Waals surface area contributed by atoms with Crippen LogP contribution < -0.4 is 9.80 Å². The molecule has 0 spiro atoms. The predicted octanol–water partition coefficient (Wildman–Crippen LogP) is 4.02. The van der Waals surface area contributed by atoms with Crippen LogP contribution in [0.25, 0.3) is 11.1 Å². The Morgan fingerprint density at radius 2 is 1.68 bits per heavy atom. The number of hydrogen-bond donors (Lipinski definition) is 0. The summed E-state index contributed by atoms with van der Waals surface area (Å²) in [6.07, 6.45) is 0.690. The van der Waals surface area contributed by atoms with Crippen molar-refractivity contribution < 1.29 is 27.5 Å². The molecule has 1 atom stereocenters. The average Bonchev–Trinajstić information content (AvgIpc) is 2.83. The first-order valence-electron chi connectivity index (χ1n) is 11.5. The van der Waals surface area contributed by atoms with Gasteiger partial charge in [-0.1, -0.05) is 25.1 Å². The van der Waals surface area contributed by atoms with E-state index in [1.54, 1.807) is 41.0 Å². The molecule has 2 amide bonds. The van der Waals surface area contributed by atoms with Crippen LogP contribution in [0.2, 0.25) is 0 Å². The highest BCUT2D eigenvalue weighted by atomic mass is 32.2. The third-order valence-corrected chi connectivity index (χ3v) is 8.09. The number of fused-ring (bicyclic) bond motifs is 1. The molecule has 2 aromatic rings. The minimum Gasteiger partial charge on any atom is -0.446 e. The second-order valence-corrected chi connectivity index (χ2v) is 11.0. The number of carbonyl (C=O) groups excluding carboxylic acids is 2. The van der Waals surface area contributed by atoms with Gasteiger partial charge in [0.15, 0.2) is 9.84 Å². The lowest BCUT2D eigenvalue weighted by Gasteiger charge is -2.41. The molecular formula is C25H30N2O6S. The molecule has 1 fully saturated rings. The first kappa shape index (κ1) is 24.2. The van der Waals surface area contributed by atoms with E-state index in [1.165, 1.54) is 6.92 Å².